The monoisotopic (exact) mass is 271 g/mol. The fourth-order valence-electron chi connectivity index (χ4n) is 1.74. The van der Waals surface area contributed by atoms with Gasteiger partial charge in [0.1, 0.15) is 0 Å². The van der Waals surface area contributed by atoms with Gasteiger partial charge in [0.05, 0.1) is 5.75 Å². The number of aliphatic hydroxyl groups is 1. The van der Waals surface area contributed by atoms with Crippen LogP contribution in [-0.4, -0.2) is 32.9 Å². The van der Waals surface area contributed by atoms with Gasteiger partial charge in [0.25, 0.3) is 0 Å². The van der Waals surface area contributed by atoms with Crippen LogP contribution in [0.4, 0.5) is 5.69 Å². The first-order chi connectivity index (χ1) is 8.53. The van der Waals surface area contributed by atoms with Gasteiger partial charge in [0, 0.05) is 25.1 Å². The van der Waals surface area contributed by atoms with Gasteiger partial charge >= 0.3 is 0 Å². The van der Waals surface area contributed by atoms with E-state index in [1.54, 1.807) is 0 Å². The van der Waals surface area contributed by atoms with Crippen LogP contribution in [0.5, 0.6) is 0 Å². The first kappa shape index (κ1) is 15.0. The summed E-state index contributed by atoms with van der Waals surface area (Å²) >= 11 is 0. The number of unbranched alkanes of at least 4 members (excludes halogenated alkanes) is 2. The Morgan fingerprint density at radius 1 is 1.17 bits per heavy atom. The summed E-state index contributed by atoms with van der Waals surface area (Å²) in [4.78, 5) is 0. The van der Waals surface area contributed by atoms with Crippen LogP contribution < -0.4 is 5.32 Å². The lowest BCUT2D eigenvalue weighted by Gasteiger charge is -2.11. The molecule has 0 aromatic heterocycles. The molecule has 2 N–H and O–H groups in total. The molecule has 0 saturated carbocycles. The Bertz CT molecular complexity index is 457. The average Bonchev–Trinajstić information content (AvgIpc) is 2.29. The first-order valence-corrected chi connectivity index (χ1v) is 8.19. The molecule has 102 valence electrons. The van der Waals surface area contributed by atoms with Crippen molar-refractivity contribution >= 4 is 15.5 Å². The molecule has 0 atom stereocenters. The molecule has 0 amide bonds. The maximum Gasteiger partial charge on any atom is 0.151 e. The van der Waals surface area contributed by atoms with E-state index in [-0.39, 0.29) is 12.4 Å². The standard InChI is InChI=1S/C13H21NO3S/c1-18(16,17)11-12-7-3-4-8-13(12)14-9-5-2-6-10-15/h3-4,7-8,14-15H,2,5-6,9-11H2,1H3. The van der Waals surface area contributed by atoms with E-state index < -0.39 is 9.84 Å². The third-order valence-electron chi connectivity index (χ3n) is 2.59. The van der Waals surface area contributed by atoms with Crippen molar-refractivity contribution in [1.82, 2.24) is 0 Å². The Hall–Kier alpha value is -1.07. The Morgan fingerprint density at radius 3 is 2.56 bits per heavy atom. The zero-order valence-electron chi connectivity index (χ0n) is 10.7. The van der Waals surface area contributed by atoms with Gasteiger partial charge in [-0.05, 0) is 30.9 Å². The van der Waals surface area contributed by atoms with Crippen molar-refractivity contribution in [1.29, 1.82) is 0 Å². The Labute approximate surface area is 109 Å². The summed E-state index contributed by atoms with van der Waals surface area (Å²) in [5.74, 6) is 0.0623. The predicted octanol–water partition coefficient (Wildman–Crippen LogP) is 1.81. The zero-order valence-corrected chi connectivity index (χ0v) is 11.5. The maximum atomic E-state index is 11.3. The van der Waals surface area contributed by atoms with Crippen LogP contribution in [0.25, 0.3) is 0 Å². The highest BCUT2D eigenvalue weighted by molar-refractivity contribution is 7.89. The van der Waals surface area contributed by atoms with Crippen molar-refractivity contribution in [3.8, 4) is 0 Å². The van der Waals surface area contributed by atoms with Crippen LogP contribution in [0, 0.1) is 0 Å². The zero-order chi connectivity index (χ0) is 13.4. The molecule has 0 spiro atoms. The van der Waals surface area contributed by atoms with Gasteiger partial charge < -0.3 is 10.4 Å². The fraction of sp³-hybridized carbons (Fsp3) is 0.538. The molecule has 0 unspecified atom stereocenters. The van der Waals surface area contributed by atoms with E-state index in [1.165, 1.54) is 6.26 Å². The van der Waals surface area contributed by atoms with E-state index in [4.69, 9.17) is 5.11 Å². The van der Waals surface area contributed by atoms with Crippen molar-refractivity contribution in [3.05, 3.63) is 29.8 Å². The summed E-state index contributed by atoms with van der Waals surface area (Å²) < 4.78 is 22.6. The molecule has 18 heavy (non-hydrogen) atoms. The van der Waals surface area contributed by atoms with Gasteiger partial charge in [-0.25, -0.2) is 8.42 Å². The summed E-state index contributed by atoms with van der Waals surface area (Å²) in [7, 11) is -3.01. The van der Waals surface area contributed by atoms with E-state index in [0.717, 1.165) is 37.1 Å². The Morgan fingerprint density at radius 2 is 1.89 bits per heavy atom. The van der Waals surface area contributed by atoms with Gasteiger partial charge in [0.2, 0.25) is 0 Å². The predicted molar refractivity (Wildman–Crippen MR) is 74.4 cm³/mol. The molecular formula is C13H21NO3S. The number of rotatable bonds is 8. The van der Waals surface area contributed by atoms with Gasteiger partial charge in [-0.3, -0.25) is 0 Å². The summed E-state index contributed by atoms with van der Waals surface area (Å²) in [6.45, 7) is 1.02. The summed E-state index contributed by atoms with van der Waals surface area (Å²) in [6.07, 6.45) is 3.99. The van der Waals surface area contributed by atoms with Crippen LogP contribution in [0.1, 0.15) is 24.8 Å². The molecule has 1 aromatic rings. The number of para-hydroxylation sites is 1. The number of aliphatic hydroxyl groups excluding tert-OH is 1. The SMILES string of the molecule is CS(=O)(=O)Cc1ccccc1NCCCCCO. The largest absolute Gasteiger partial charge is 0.396 e. The lowest BCUT2D eigenvalue weighted by atomic mass is 10.2. The highest BCUT2D eigenvalue weighted by atomic mass is 32.2. The lowest BCUT2D eigenvalue weighted by Crippen LogP contribution is -2.07. The summed E-state index contributed by atoms with van der Waals surface area (Å²) in [6, 6.07) is 7.46. The van der Waals surface area contributed by atoms with Crippen LogP contribution in [0.3, 0.4) is 0 Å². The van der Waals surface area contributed by atoms with Crippen molar-refractivity contribution in [2.24, 2.45) is 0 Å². The molecule has 1 rings (SSSR count). The summed E-state index contributed by atoms with van der Waals surface area (Å²) in [5.41, 5.74) is 1.69. The second kappa shape index (κ2) is 7.38. The highest BCUT2D eigenvalue weighted by Crippen LogP contribution is 2.17. The van der Waals surface area contributed by atoms with E-state index >= 15 is 0 Å². The van der Waals surface area contributed by atoms with E-state index in [2.05, 4.69) is 5.32 Å². The maximum absolute atomic E-state index is 11.3. The third kappa shape index (κ3) is 6.02. The highest BCUT2D eigenvalue weighted by Gasteiger charge is 2.08. The molecule has 1 aromatic carbocycles. The smallest absolute Gasteiger partial charge is 0.151 e. The number of hydrogen-bond acceptors (Lipinski definition) is 4. The van der Waals surface area contributed by atoms with Gasteiger partial charge in [-0.2, -0.15) is 0 Å². The van der Waals surface area contributed by atoms with Crippen molar-refractivity contribution in [2.75, 3.05) is 24.7 Å². The molecular weight excluding hydrogens is 250 g/mol. The molecule has 0 fully saturated rings. The van der Waals surface area contributed by atoms with Crippen LogP contribution in [0.2, 0.25) is 0 Å². The van der Waals surface area contributed by atoms with Gasteiger partial charge in [0.15, 0.2) is 9.84 Å². The fourth-order valence-corrected chi connectivity index (χ4v) is 2.55. The average molecular weight is 271 g/mol. The lowest BCUT2D eigenvalue weighted by molar-refractivity contribution is 0.283. The second-order valence-electron chi connectivity index (χ2n) is 4.44. The summed E-state index contributed by atoms with van der Waals surface area (Å²) in [5, 5.41) is 11.9. The van der Waals surface area contributed by atoms with E-state index in [0.29, 0.717) is 0 Å². The first-order valence-electron chi connectivity index (χ1n) is 6.13. The Balaban J connectivity index is 2.54. The topological polar surface area (TPSA) is 66.4 Å². The Kier molecular flexibility index (Phi) is 6.15. The normalized spacial score (nSPS) is 11.4. The quantitative estimate of drug-likeness (QED) is 0.708. The van der Waals surface area contributed by atoms with Crippen LogP contribution >= 0.6 is 0 Å². The van der Waals surface area contributed by atoms with E-state index in [9.17, 15) is 8.42 Å². The second-order valence-corrected chi connectivity index (χ2v) is 6.58. The molecule has 0 aliphatic rings. The molecule has 0 heterocycles. The van der Waals surface area contributed by atoms with Gasteiger partial charge in [-0.1, -0.05) is 18.2 Å². The number of hydrogen-bond donors (Lipinski definition) is 2. The molecule has 0 aliphatic heterocycles. The molecule has 4 nitrogen and oxygen atoms in total. The molecule has 5 heteroatoms. The number of anilines is 1. The van der Waals surface area contributed by atoms with Crippen molar-refractivity contribution < 1.29 is 13.5 Å². The van der Waals surface area contributed by atoms with Crippen LogP contribution in [0.15, 0.2) is 24.3 Å². The number of nitrogens with one attached hydrogen (secondary N) is 1. The minimum Gasteiger partial charge on any atom is -0.396 e. The minimum absolute atomic E-state index is 0.0623. The molecule has 0 bridgehead atoms. The third-order valence-corrected chi connectivity index (χ3v) is 3.42. The molecule has 0 aliphatic carbocycles. The van der Waals surface area contributed by atoms with Crippen LogP contribution in [-0.2, 0) is 15.6 Å². The van der Waals surface area contributed by atoms with Crippen molar-refractivity contribution in [2.45, 2.75) is 25.0 Å². The van der Waals surface area contributed by atoms with Gasteiger partial charge in [-0.15, -0.1) is 0 Å². The molecule has 0 saturated heterocycles. The van der Waals surface area contributed by atoms with E-state index in [1.807, 2.05) is 24.3 Å². The number of benzene rings is 1. The minimum atomic E-state index is -3.01. The molecule has 0 radical (unpaired) electrons. The number of sulfone groups is 1. The van der Waals surface area contributed by atoms with Crippen molar-refractivity contribution in [3.63, 3.8) is 0 Å².